The molecule has 0 aliphatic rings. The lowest BCUT2D eigenvalue weighted by molar-refractivity contribution is -0.133. The van der Waals surface area contributed by atoms with Crippen LogP contribution in [-0.2, 0) is 4.79 Å². The first-order chi connectivity index (χ1) is 12.3. The first-order valence-corrected chi connectivity index (χ1v) is 10.4. The number of rotatable bonds is 4. The van der Waals surface area contributed by atoms with Crippen molar-refractivity contribution in [1.82, 2.24) is 0 Å². The van der Waals surface area contributed by atoms with E-state index in [0.717, 1.165) is 0 Å². The molecular formula is C21H16BrO2S+. The molecule has 0 aliphatic heterocycles. The van der Waals surface area contributed by atoms with E-state index in [2.05, 4.69) is 76.6 Å². The van der Waals surface area contributed by atoms with E-state index in [-0.39, 0.29) is 16.4 Å². The largest absolute Gasteiger partial charge is 0.427 e. The van der Waals surface area contributed by atoms with E-state index < -0.39 is 0 Å². The number of hydrogen-bond acceptors (Lipinski definition) is 2. The van der Waals surface area contributed by atoms with Gasteiger partial charge in [-0.2, -0.15) is 0 Å². The van der Waals surface area contributed by atoms with Crippen LogP contribution in [0.1, 0.15) is 6.42 Å². The van der Waals surface area contributed by atoms with Crippen LogP contribution in [0.25, 0.3) is 25.1 Å². The number of benzene rings is 3. The zero-order valence-corrected chi connectivity index (χ0v) is 15.8. The minimum absolute atomic E-state index is 0.113. The molecule has 1 aromatic heterocycles. The van der Waals surface area contributed by atoms with Crippen molar-refractivity contribution in [1.29, 1.82) is 0 Å². The van der Waals surface area contributed by atoms with Gasteiger partial charge in [-0.15, -0.1) is 0 Å². The molecule has 4 aromatic rings. The smallest absolute Gasteiger partial charge is 0.312 e. The van der Waals surface area contributed by atoms with Crippen LogP contribution < -0.4 is 4.74 Å². The van der Waals surface area contributed by atoms with Crippen molar-refractivity contribution in [3.05, 3.63) is 72.8 Å². The summed E-state index contributed by atoms with van der Waals surface area (Å²) in [5, 5.41) is 3.24. The Kier molecular flexibility index (Phi) is 4.55. The molecule has 1 heterocycles. The van der Waals surface area contributed by atoms with Crippen LogP contribution in [0, 0.1) is 0 Å². The fourth-order valence-electron chi connectivity index (χ4n) is 3.01. The predicted molar refractivity (Wildman–Crippen MR) is 109 cm³/mol. The van der Waals surface area contributed by atoms with Gasteiger partial charge in [-0.25, -0.2) is 0 Å². The summed E-state index contributed by atoms with van der Waals surface area (Å²) in [6.45, 7) is 0. The molecule has 0 fully saturated rings. The highest BCUT2D eigenvalue weighted by molar-refractivity contribution is 9.09. The molecular weight excluding hydrogens is 396 g/mol. The summed E-state index contributed by atoms with van der Waals surface area (Å²) in [5.74, 6) is 0.377. The number of esters is 1. The van der Waals surface area contributed by atoms with E-state index in [4.69, 9.17) is 4.74 Å². The van der Waals surface area contributed by atoms with Crippen molar-refractivity contribution in [2.24, 2.45) is 0 Å². The van der Waals surface area contributed by atoms with E-state index in [0.29, 0.717) is 17.5 Å². The third-order valence-corrected chi connectivity index (χ3v) is 6.83. The maximum atomic E-state index is 11.6. The number of carbonyl (C=O) groups excluding carboxylic acids is 1. The molecule has 0 unspecified atom stereocenters. The van der Waals surface area contributed by atoms with E-state index in [1.54, 1.807) is 0 Å². The van der Waals surface area contributed by atoms with Crippen molar-refractivity contribution >= 4 is 52.5 Å². The second-order valence-electron chi connectivity index (χ2n) is 5.68. The predicted octanol–water partition coefficient (Wildman–Crippen LogP) is 6.42. The number of fused-ring (bicyclic) bond motifs is 3. The number of hydrogen-bond donors (Lipinski definition) is 0. The summed E-state index contributed by atoms with van der Waals surface area (Å²) < 4.78 is 8.05. The third kappa shape index (κ3) is 3.08. The molecule has 0 bridgehead atoms. The van der Waals surface area contributed by atoms with Crippen molar-refractivity contribution in [2.75, 3.05) is 5.33 Å². The fraction of sp³-hybridized carbons (Fsp3) is 0.0952. The van der Waals surface area contributed by atoms with E-state index in [1.165, 1.54) is 25.1 Å². The molecule has 124 valence electrons. The zero-order valence-electron chi connectivity index (χ0n) is 13.4. The second-order valence-corrected chi connectivity index (χ2v) is 8.44. The Labute approximate surface area is 157 Å². The van der Waals surface area contributed by atoms with Gasteiger partial charge in [-0.05, 0) is 36.4 Å². The van der Waals surface area contributed by atoms with E-state index >= 15 is 0 Å². The van der Waals surface area contributed by atoms with Gasteiger partial charge in [-0.1, -0.05) is 40.2 Å². The topological polar surface area (TPSA) is 26.3 Å². The summed E-state index contributed by atoms with van der Waals surface area (Å²) in [7, 11) is -0.113. The number of alkyl halides is 1. The molecule has 4 heteroatoms. The molecule has 4 rings (SSSR count). The highest BCUT2D eigenvalue weighted by Crippen LogP contribution is 2.48. The highest BCUT2D eigenvalue weighted by atomic mass is 79.9. The average Bonchev–Trinajstić information content (AvgIpc) is 2.97. The molecule has 0 amide bonds. The average molecular weight is 412 g/mol. The van der Waals surface area contributed by atoms with Crippen LogP contribution >= 0.6 is 26.4 Å². The summed E-state index contributed by atoms with van der Waals surface area (Å²) in [5.41, 5.74) is 0. The van der Waals surface area contributed by atoms with Crippen molar-refractivity contribution in [2.45, 2.75) is 6.42 Å². The molecule has 2 nitrogen and oxygen atoms in total. The highest BCUT2D eigenvalue weighted by Gasteiger charge is 2.22. The van der Waals surface area contributed by atoms with Gasteiger partial charge in [0.25, 0.3) is 0 Å². The fourth-order valence-corrected chi connectivity index (χ4v) is 5.71. The van der Waals surface area contributed by atoms with E-state index in [1.807, 2.05) is 12.1 Å². The quantitative estimate of drug-likeness (QED) is 0.167. The second kappa shape index (κ2) is 6.98. The Morgan fingerprint density at radius 3 is 1.96 bits per heavy atom. The summed E-state index contributed by atoms with van der Waals surface area (Å²) in [6, 6.07) is 25.1. The standard InChI is InChI=1S/C21H16BrO2S/c22-14-13-21(23)24-15-9-11-16(12-10-15)25-19-7-3-1-5-17(19)18-6-2-4-8-20(18)25/h1-12H,13-14H2/q+1. The SMILES string of the molecule is O=C(CCBr)Oc1ccc(-[s+]2c3ccccc3c3ccccc32)cc1. The van der Waals surface area contributed by atoms with Crippen LogP contribution in [0.5, 0.6) is 5.75 Å². The molecule has 0 atom stereocenters. The van der Waals surface area contributed by atoms with Gasteiger partial charge < -0.3 is 4.74 Å². The number of halogens is 1. The molecule has 25 heavy (non-hydrogen) atoms. The van der Waals surface area contributed by atoms with Gasteiger partial charge >= 0.3 is 5.97 Å². The van der Waals surface area contributed by atoms with Gasteiger partial charge in [0.15, 0.2) is 14.3 Å². The van der Waals surface area contributed by atoms with Crippen LogP contribution in [-0.4, -0.2) is 11.3 Å². The van der Waals surface area contributed by atoms with Gasteiger partial charge in [0.05, 0.1) is 6.42 Å². The molecule has 0 saturated heterocycles. The van der Waals surface area contributed by atoms with Crippen molar-refractivity contribution in [3.8, 4) is 10.6 Å². The Bertz CT molecular complexity index is 997. The van der Waals surface area contributed by atoms with E-state index in [9.17, 15) is 4.79 Å². The van der Waals surface area contributed by atoms with Crippen LogP contribution in [0.4, 0.5) is 0 Å². The summed E-state index contributed by atoms with van der Waals surface area (Å²) >= 11 is 3.25. The van der Waals surface area contributed by atoms with Gasteiger partial charge in [0, 0.05) is 38.7 Å². The Morgan fingerprint density at radius 2 is 1.40 bits per heavy atom. The third-order valence-electron chi connectivity index (χ3n) is 4.09. The molecule has 0 saturated carbocycles. The Balaban J connectivity index is 1.80. The molecule has 0 radical (unpaired) electrons. The maximum Gasteiger partial charge on any atom is 0.312 e. The van der Waals surface area contributed by atoms with Gasteiger partial charge in [-0.3, -0.25) is 4.79 Å². The number of ether oxygens (including phenoxy) is 1. The Hall–Kier alpha value is -2.17. The van der Waals surface area contributed by atoms with Gasteiger partial charge in [0.2, 0.25) is 0 Å². The summed E-state index contributed by atoms with van der Waals surface area (Å²) in [6.07, 6.45) is 0.368. The maximum absolute atomic E-state index is 11.6. The normalized spacial score (nSPS) is 11.1. The van der Waals surface area contributed by atoms with Crippen LogP contribution in [0.3, 0.4) is 0 Å². The molecule has 0 aliphatic carbocycles. The minimum Gasteiger partial charge on any atom is -0.427 e. The van der Waals surface area contributed by atoms with Crippen LogP contribution in [0.15, 0.2) is 72.8 Å². The lowest BCUT2D eigenvalue weighted by Crippen LogP contribution is -2.07. The number of thiophene rings is 1. The monoisotopic (exact) mass is 411 g/mol. The number of carbonyl (C=O) groups is 1. The zero-order chi connectivity index (χ0) is 17.2. The minimum atomic E-state index is -0.219. The molecule has 0 spiro atoms. The first-order valence-electron chi connectivity index (χ1n) is 8.07. The first kappa shape index (κ1) is 16.3. The lowest BCUT2D eigenvalue weighted by Gasteiger charge is -2.02. The Morgan fingerprint density at radius 1 is 0.840 bits per heavy atom. The van der Waals surface area contributed by atoms with Crippen LogP contribution in [0.2, 0.25) is 0 Å². The van der Waals surface area contributed by atoms with Gasteiger partial charge in [0.1, 0.15) is 5.75 Å². The summed E-state index contributed by atoms with van der Waals surface area (Å²) in [4.78, 5) is 12.9. The molecule has 3 aromatic carbocycles. The lowest BCUT2D eigenvalue weighted by atomic mass is 10.2. The molecule has 0 N–H and O–H groups in total. The van der Waals surface area contributed by atoms with Crippen molar-refractivity contribution in [3.63, 3.8) is 0 Å². The van der Waals surface area contributed by atoms with Crippen molar-refractivity contribution < 1.29 is 9.53 Å².